The summed E-state index contributed by atoms with van der Waals surface area (Å²) in [5.74, 6) is -0.674. The molecule has 0 aliphatic heterocycles. The molecule has 126 valence electrons. The van der Waals surface area contributed by atoms with E-state index in [9.17, 15) is 13.2 Å². The van der Waals surface area contributed by atoms with Gasteiger partial charge in [0.15, 0.2) is 5.83 Å². The second-order valence-electron chi connectivity index (χ2n) is 6.01. The summed E-state index contributed by atoms with van der Waals surface area (Å²) in [6, 6.07) is 7.93. The van der Waals surface area contributed by atoms with Crippen LogP contribution >= 0.6 is 0 Å². The molecule has 0 aromatic heterocycles. The van der Waals surface area contributed by atoms with Crippen molar-refractivity contribution in [2.75, 3.05) is 6.61 Å². The van der Waals surface area contributed by atoms with Crippen molar-refractivity contribution >= 4 is 0 Å². The highest BCUT2D eigenvalue weighted by Gasteiger charge is 2.27. The molecule has 0 saturated heterocycles. The standard InChI is InChI=1S/C19H23F3O/c1-2-3-4-13-23-17-11-9-15(10-12-17)14-5-7-16(8-6-14)18(20)19(21)22/h2,9-12,14,16H,1,3-8,13H2. The summed E-state index contributed by atoms with van der Waals surface area (Å²) in [5, 5.41) is 0. The Morgan fingerprint density at radius 2 is 1.74 bits per heavy atom. The fourth-order valence-corrected chi connectivity index (χ4v) is 3.09. The zero-order valence-corrected chi connectivity index (χ0v) is 13.2. The minimum atomic E-state index is -2.16. The smallest absolute Gasteiger partial charge is 0.301 e. The van der Waals surface area contributed by atoms with E-state index in [4.69, 9.17) is 4.74 Å². The molecule has 1 aliphatic carbocycles. The van der Waals surface area contributed by atoms with Crippen LogP contribution < -0.4 is 4.74 Å². The predicted molar refractivity (Wildman–Crippen MR) is 86.4 cm³/mol. The molecule has 1 nitrogen and oxygen atoms in total. The first-order valence-corrected chi connectivity index (χ1v) is 8.16. The van der Waals surface area contributed by atoms with Crippen molar-refractivity contribution in [2.24, 2.45) is 5.92 Å². The van der Waals surface area contributed by atoms with Crippen molar-refractivity contribution in [1.29, 1.82) is 0 Å². The minimum absolute atomic E-state index is 0.316. The van der Waals surface area contributed by atoms with E-state index in [2.05, 4.69) is 6.58 Å². The van der Waals surface area contributed by atoms with Crippen LogP contribution in [0.3, 0.4) is 0 Å². The first-order valence-electron chi connectivity index (χ1n) is 8.16. The van der Waals surface area contributed by atoms with Gasteiger partial charge in [0, 0.05) is 5.92 Å². The van der Waals surface area contributed by atoms with E-state index in [1.54, 1.807) is 0 Å². The highest BCUT2D eigenvalue weighted by molar-refractivity contribution is 5.29. The molecule has 4 heteroatoms. The summed E-state index contributed by atoms with van der Waals surface area (Å²) in [5.41, 5.74) is 1.17. The van der Waals surface area contributed by atoms with Crippen LogP contribution in [0.2, 0.25) is 0 Å². The molecule has 1 aromatic rings. The molecule has 0 radical (unpaired) electrons. The molecule has 1 saturated carbocycles. The molecule has 0 N–H and O–H groups in total. The normalized spacial score (nSPS) is 20.8. The third-order valence-electron chi connectivity index (χ3n) is 4.44. The molecular weight excluding hydrogens is 301 g/mol. The van der Waals surface area contributed by atoms with Crippen LogP contribution in [-0.4, -0.2) is 6.61 Å². The Morgan fingerprint density at radius 3 is 2.30 bits per heavy atom. The van der Waals surface area contributed by atoms with E-state index in [0.29, 0.717) is 25.4 Å². The van der Waals surface area contributed by atoms with Crippen molar-refractivity contribution < 1.29 is 17.9 Å². The SMILES string of the molecule is C=CCCCOc1ccc(C2CCC(C(F)=C(F)F)CC2)cc1. The van der Waals surface area contributed by atoms with Crippen molar-refractivity contribution in [2.45, 2.75) is 44.4 Å². The number of hydrogen-bond donors (Lipinski definition) is 0. The van der Waals surface area contributed by atoms with Gasteiger partial charge in [-0.15, -0.1) is 6.58 Å². The molecule has 0 heterocycles. The number of hydrogen-bond acceptors (Lipinski definition) is 1. The Morgan fingerprint density at radius 1 is 1.09 bits per heavy atom. The average molecular weight is 324 g/mol. The van der Waals surface area contributed by atoms with Crippen LogP contribution in [0.25, 0.3) is 0 Å². The van der Waals surface area contributed by atoms with E-state index in [1.807, 2.05) is 30.3 Å². The maximum absolute atomic E-state index is 13.3. The highest BCUT2D eigenvalue weighted by atomic mass is 19.3. The number of allylic oxidation sites excluding steroid dienone is 2. The Hall–Kier alpha value is -1.71. The third-order valence-corrected chi connectivity index (χ3v) is 4.44. The van der Waals surface area contributed by atoms with Crippen LogP contribution in [0.5, 0.6) is 5.75 Å². The van der Waals surface area contributed by atoms with Crippen molar-refractivity contribution in [3.8, 4) is 5.75 Å². The Labute approximate surface area is 135 Å². The van der Waals surface area contributed by atoms with Crippen LogP contribution in [0.15, 0.2) is 48.8 Å². The Bertz CT molecular complexity index is 524. The van der Waals surface area contributed by atoms with Gasteiger partial charge in [-0.2, -0.15) is 8.78 Å². The molecule has 1 fully saturated rings. The van der Waals surface area contributed by atoms with Gasteiger partial charge in [-0.25, -0.2) is 4.39 Å². The zero-order chi connectivity index (χ0) is 16.7. The Balaban J connectivity index is 1.84. The van der Waals surface area contributed by atoms with Gasteiger partial charge < -0.3 is 4.74 Å². The van der Waals surface area contributed by atoms with Crippen molar-refractivity contribution in [1.82, 2.24) is 0 Å². The van der Waals surface area contributed by atoms with Crippen molar-refractivity contribution in [3.05, 3.63) is 54.4 Å². The van der Waals surface area contributed by atoms with Crippen LogP contribution in [-0.2, 0) is 0 Å². The van der Waals surface area contributed by atoms with E-state index in [-0.39, 0.29) is 0 Å². The van der Waals surface area contributed by atoms with Gasteiger partial charge in [0.1, 0.15) is 5.75 Å². The second-order valence-corrected chi connectivity index (χ2v) is 6.01. The number of benzene rings is 1. The molecule has 0 amide bonds. The lowest BCUT2D eigenvalue weighted by atomic mass is 9.78. The lowest BCUT2D eigenvalue weighted by molar-refractivity contribution is 0.281. The Kier molecular flexibility index (Phi) is 6.75. The maximum Gasteiger partial charge on any atom is 0.301 e. The van der Waals surface area contributed by atoms with Crippen LogP contribution in [0.1, 0.15) is 50.0 Å². The van der Waals surface area contributed by atoms with Gasteiger partial charge in [0.25, 0.3) is 0 Å². The summed E-state index contributed by atoms with van der Waals surface area (Å²) in [6.45, 7) is 4.33. The number of ether oxygens (including phenoxy) is 1. The van der Waals surface area contributed by atoms with E-state index in [0.717, 1.165) is 31.4 Å². The van der Waals surface area contributed by atoms with Gasteiger partial charge in [0.2, 0.25) is 0 Å². The fourth-order valence-electron chi connectivity index (χ4n) is 3.09. The fraction of sp³-hybridized carbons (Fsp3) is 0.474. The van der Waals surface area contributed by atoms with Crippen LogP contribution in [0, 0.1) is 5.92 Å². The summed E-state index contributed by atoms with van der Waals surface area (Å²) in [4.78, 5) is 0. The molecule has 1 aromatic carbocycles. The lowest BCUT2D eigenvalue weighted by Crippen LogP contribution is -2.14. The van der Waals surface area contributed by atoms with Gasteiger partial charge in [-0.05, 0) is 62.1 Å². The largest absolute Gasteiger partial charge is 0.494 e. The van der Waals surface area contributed by atoms with Crippen LogP contribution in [0.4, 0.5) is 13.2 Å². The zero-order valence-electron chi connectivity index (χ0n) is 13.2. The number of halogens is 3. The van der Waals surface area contributed by atoms with E-state index < -0.39 is 17.8 Å². The molecule has 0 spiro atoms. The topological polar surface area (TPSA) is 9.23 Å². The molecule has 0 atom stereocenters. The lowest BCUT2D eigenvalue weighted by Gasteiger charge is -2.27. The molecule has 0 unspecified atom stereocenters. The van der Waals surface area contributed by atoms with Gasteiger partial charge >= 0.3 is 6.08 Å². The summed E-state index contributed by atoms with van der Waals surface area (Å²) < 4.78 is 43.5. The minimum Gasteiger partial charge on any atom is -0.494 e. The number of unbranched alkanes of at least 4 members (excludes halogenated alkanes) is 1. The summed E-state index contributed by atoms with van der Waals surface area (Å²) in [6.07, 6.45) is 4.03. The maximum atomic E-state index is 13.3. The second kappa shape index (κ2) is 8.80. The molecule has 2 rings (SSSR count). The first-order chi connectivity index (χ1) is 11.1. The van der Waals surface area contributed by atoms with E-state index in [1.165, 1.54) is 5.56 Å². The highest BCUT2D eigenvalue weighted by Crippen LogP contribution is 2.40. The monoisotopic (exact) mass is 324 g/mol. The molecule has 0 bridgehead atoms. The van der Waals surface area contributed by atoms with Gasteiger partial charge in [0.05, 0.1) is 6.61 Å². The summed E-state index contributed by atoms with van der Waals surface area (Å²) >= 11 is 0. The van der Waals surface area contributed by atoms with E-state index >= 15 is 0 Å². The van der Waals surface area contributed by atoms with Gasteiger partial charge in [-0.1, -0.05) is 18.2 Å². The molecule has 23 heavy (non-hydrogen) atoms. The average Bonchev–Trinajstić information content (AvgIpc) is 2.59. The summed E-state index contributed by atoms with van der Waals surface area (Å²) in [7, 11) is 0. The molecule has 1 aliphatic rings. The van der Waals surface area contributed by atoms with Crippen molar-refractivity contribution in [3.63, 3.8) is 0 Å². The first kappa shape index (κ1) is 17.6. The predicted octanol–water partition coefficient (Wildman–Crippen LogP) is 6.38. The quantitative estimate of drug-likeness (QED) is 0.417. The number of rotatable bonds is 7. The third kappa shape index (κ3) is 5.15. The van der Waals surface area contributed by atoms with Gasteiger partial charge in [-0.3, -0.25) is 0 Å². The molecular formula is C19H23F3O.